The van der Waals surface area contributed by atoms with E-state index < -0.39 is 36.3 Å². The Kier molecular flexibility index (Phi) is 9.95. The van der Waals surface area contributed by atoms with Gasteiger partial charge in [0.2, 0.25) is 0 Å². The van der Waals surface area contributed by atoms with Crippen molar-refractivity contribution in [3.05, 3.63) is 73.7 Å². The second kappa shape index (κ2) is 11.8. The van der Waals surface area contributed by atoms with E-state index in [-0.39, 0.29) is 31.2 Å². The molecule has 0 aromatic heterocycles. The van der Waals surface area contributed by atoms with Crippen LogP contribution in [-0.2, 0) is 0 Å². The Morgan fingerprint density at radius 3 is 2.08 bits per heavy atom. The van der Waals surface area contributed by atoms with Crippen molar-refractivity contribution in [1.29, 1.82) is 0 Å². The standard InChI is InChI=1S/C24H21Cl3F6N2OS/c1-12-8-13(5-7-16(24(31,32)33)14-9-17(25)19(27)18(26)10-14)4-6-15(12)20(36)35-22(2,3)21(37)34-11-23(28,29)30/h4-10,16H,11H2,1-3H3,(H,34,37)(H,35,36)/b7-5+. The molecule has 1 atom stereocenters. The number of allylic oxidation sites excluding steroid dienone is 1. The highest BCUT2D eigenvalue weighted by Gasteiger charge is 2.39. The number of benzene rings is 2. The molecule has 1 unspecified atom stereocenters. The van der Waals surface area contributed by atoms with Gasteiger partial charge >= 0.3 is 12.4 Å². The van der Waals surface area contributed by atoms with Crippen LogP contribution < -0.4 is 10.6 Å². The van der Waals surface area contributed by atoms with Crippen molar-refractivity contribution in [3.8, 4) is 0 Å². The van der Waals surface area contributed by atoms with E-state index in [0.29, 0.717) is 11.1 Å². The van der Waals surface area contributed by atoms with Gasteiger partial charge in [0.25, 0.3) is 5.91 Å². The molecule has 0 saturated carbocycles. The minimum atomic E-state index is -4.66. The minimum Gasteiger partial charge on any atom is -0.369 e. The van der Waals surface area contributed by atoms with Gasteiger partial charge in [0.15, 0.2) is 0 Å². The third-order valence-electron chi connectivity index (χ3n) is 5.14. The summed E-state index contributed by atoms with van der Waals surface area (Å²) in [6, 6.07) is 6.50. The van der Waals surface area contributed by atoms with Crippen molar-refractivity contribution in [3.63, 3.8) is 0 Å². The summed E-state index contributed by atoms with van der Waals surface area (Å²) in [5.74, 6) is -2.65. The summed E-state index contributed by atoms with van der Waals surface area (Å²) in [7, 11) is 0. The van der Waals surface area contributed by atoms with Crippen LogP contribution >= 0.6 is 47.0 Å². The molecule has 37 heavy (non-hydrogen) atoms. The molecule has 2 N–H and O–H groups in total. The van der Waals surface area contributed by atoms with Crippen molar-refractivity contribution in [1.82, 2.24) is 10.6 Å². The van der Waals surface area contributed by atoms with Crippen LogP contribution in [0.1, 0.15) is 46.8 Å². The number of halogens is 9. The molecule has 0 aliphatic rings. The van der Waals surface area contributed by atoms with Crippen LogP contribution in [-0.4, -0.2) is 35.3 Å². The first-order chi connectivity index (χ1) is 16.8. The van der Waals surface area contributed by atoms with Gasteiger partial charge in [0.05, 0.1) is 26.5 Å². The number of thiocarbonyl (C=S) groups is 1. The number of carbonyl (C=O) groups is 1. The van der Waals surface area contributed by atoms with Gasteiger partial charge in [-0.2, -0.15) is 26.3 Å². The molecule has 0 aliphatic carbocycles. The zero-order valence-electron chi connectivity index (χ0n) is 19.5. The molecule has 3 nitrogen and oxygen atoms in total. The number of hydrogen-bond donors (Lipinski definition) is 2. The van der Waals surface area contributed by atoms with Crippen LogP contribution in [0.2, 0.25) is 15.1 Å². The second-order valence-electron chi connectivity index (χ2n) is 8.63. The average Bonchev–Trinajstić information content (AvgIpc) is 2.74. The van der Waals surface area contributed by atoms with Crippen LogP contribution in [0, 0.1) is 6.92 Å². The van der Waals surface area contributed by atoms with E-state index in [0.717, 1.165) is 18.2 Å². The van der Waals surface area contributed by atoms with Gasteiger partial charge in [0.1, 0.15) is 11.5 Å². The predicted molar refractivity (Wildman–Crippen MR) is 139 cm³/mol. The van der Waals surface area contributed by atoms with Gasteiger partial charge in [-0.3, -0.25) is 4.79 Å². The van der Waals surface area contributed by atoms with Crippen LogP contribution in [0.15, 0.2) is 36.4 Å². The smallest absolute Gasteiger partial charge is 0.369 e. The number of alkyl halides is 6. The van der Waals surface area contributed by atoms with E-state index in [2.05, 4.69) is 10.6 Å². The Morgan fingerprint density at radius 1 is 1.03 bits per heavy atom. The van der Waals surface area contributed by atoms with Crippen molar-refractivity contribution >= 4 is 64.0 Å². The monoisotopic (exact) mass is 604 g/mol. The molecule has 0 heterocycles. The largest absolute Gasteiger partial charge is 0.405 e. The van der Waals surface area contributed by atoms with E-state index in [1.165, 1.54) is 38.1 Å². The zero-order chi connectivity index (χ0) is 28.3. The molecule has 2 aromatic rings. The van der Waals surface area contributed by atoms with E-state index in [9.17, 15) is 31.1 Å². The van der Waals surface area contributed by atoms with Gasteiger partial charge in [-0.05, 0) is 55.7 Å². The van der Waals surface area contributed by atoms with Crippen LogP contribution in [0.3, 0.4) is 0 Å². The molecule has 0 radical (unpaired) electrons. The first kappa shape index (κ1) is 31.2. The van der Waals surface area contributed by atoms with E-state index in [4.69, 9.17) is 47.0 Å². The quantitative estimate of drug-likeness (QED) is 0.190. The molecular formula is C24H21Cl3F6N2OS. The fourth-order valence-corrected chi connectivity index (χ4v) is 3.96. The van der Waals surface area contributed by atoms with Gasteiger partial charge in [0, 0.05) is 5.56 Å². The summed E-state index contributed by atoms with van der Waals surface area (Å²) < 4.78 is 78.7. The Morgan fingerprint density at radius 2 is 1.59 bits per heavy atom. The maximum absolute atomic E-state index is 13.8. The maximum Gasteiger partial charge on any atom is 0.405 e. The lowest BCUT2D eigenvalue weighted by molar-refractivity contribution is -0.139. The van der Waals surface area contributed by atoms with E-state index >= 15 is 0 Å². The van der Waals surface area contributed by atoms with Crippen LogP contribution in [0.4, 0.5) is 26.3 Å². The maximum atomic E-state index is 13.8. The highest BCUT2D eigenvalue weighted by Crippen LogP contribution is 2.41. The lowest BCUT2D eigenvalue weighted by atomic mass is 9.96. The van der Waals surface area contributed by atoms with Crippen LogP contribution in [0.5, 0.6) is 0 Å². The highest BCUT2D eigenvalue weighted by atomic mass is 35.5. The molecule has 0 fully saturated rings. The summed E-state index contributed by atoms with van der Waals surface area (Å²) in [6.45, 7) is 3.10. The number of rotatable bonds is 7. The number of nitrogens with one attached hydrogen (secondary N) is 2. The first-order valence-corrected chi connectivity index (χ1v) is 12.0. The zero-order valence-corrected chi connectivity index (χ0v) is 22.6. The molecule has 0 spiro atoms. The number of amides is 1. The molecule has 2 rings (SSSR count). The number of hydrogen-bond acceptors (Lipinski definition) is 2. The molecular weight excluding hydrogens is 585 g/mol. The third-order valence-corrected chi connectivity index (χ3v) is 6.99. The van der Waals surface area contributed by atoms with Crippen molar-refractivity contribution in [2.45, 2.75) is 44.6 Å². The predicted octanol–water partition coefficient (Wildman–Crippen LogP) is 8.30. The molecule has 0 bridgehead atoms. The van der Waals surface area contributed by atoms with Crippen molar-refractivity contribution in [2.24, 2.45) is 0 Å². The molecule has 202 valence electrons. The Labute approximate surface area is 230 Å². The lowest BCUT2D eigenvalue weighted by Gasteiger charge is -2.28. The summed E-state index contributed by atoms with van der Waals surface area (Å²) in [4.78, 5) is 12.5. The topological polar surface area (TPSA) is 41.1 Å². The third kappa shape index (κ3) is 8.77. The molecule has 0 aliphatic heterocycles. The van der Waals surface area contributed by atoms with E-state index in [1.54, 1.807) is 6.92 Å². The Bertz CT molecular complexity index is 1190. The molecule has 1 amide bonds. The van der Waals surface area contributed by atoms with Gasteiger partial charge in [-0.1, -0.05) is 71.3 Å². The van der Waals surface area contributed by atoms with Crippen molar-refractivity contribution < 1.29 is 31.1 Å². The summed E-state index contributed by atoms with van der Waals surface area (Å²) >= 11 is 22.6. The molecule has 13 heteroatoms. The fraction of sp³-hybridized carbons (Fsp3) is 0.333. The Balaban J connectivity index is 2.24. The number of carbonyl (C=O) groups excluding carboxylic acids is 1. The highest BCUT2D eigenvalue weighted by molar-refractivity contribution is 7.80. The minimum absolute atomic E-state index is 0.0541. The van der Waals surface area contributed by atoms with Gasteiger partial charge in [-0.15, -0.1) is 0 Å². The summed E-state index contributed by atoms with van der Waals surface area (Å²) in [5.41, 5.74) is -0.536. The lowest BCUT2D eigenvalue weighted by Crippen LogP contribution is -2.55. The number of aryl methyl sites for hydroxylation is 1. The molecule has 0 saturated heterocycles. The normalized spacial score (nSPS) is 13.5. The summed E-state index contributed by atoms with van der Waals surface area (Å²) in [5, 5.41) is 4.35. The Hall–Kier alpha value is -2.01. The molecule has 2 aromatic carbocycles. The second-order valence-corrected chi connectivity index (χ2v) is 10.2. The summed E-state index contributed by atoms with van der Waals surface area (Å²) in [6.07, 6.45) is -6.97. The first-order valence-electron chi connectivity index (χ1n) is 10.5. The average molecular weight is 606 g/mol. The van der Waals surface area contributed by atoms with Crippen LogP contribution in [0.25, 0.3) is 6.08 Å². The van der Waals surface area contributed by atoms with Crippen molar-refractivity contribution in [2.75, 3.05) is 6.54 Å². The van der Waals surface area contributed by atoms with E-state index in [1.807, 2.05) is 0 Å². The van der Waals surface area contributed by atoms with Gasteiger partial charge in [-0.25, -0.2) is 0 Å². The SMILES string of the molecule is Cc1cc(/C=C/C(c2cc(Cl)c(Cl)c(Cl)c2)C(F)(F)F)ccc1C(=O)NC(C)(C)C(=S)NCC(F)(F)F. The van der Waals surface area contributed by atoms with Gasteiger partial charge < -0.3 is 10.6 Å². The fourth-order valence-electron chi connectivity index (χ4n) is 3.23.